The minimum absolute atomic E-state index is 0.218. The molecule has 0 aromatic heterocycles. The molecule has 0 aliphatic carbocycles. The van der Waals surface area contributed by atoms with Gasteiger partial charge in [0.25, 0.3) is 0 Å². The molecule has 0 heterocycles. The van der Waals surface area contributed by atoms with Crippen LogP contribution in [-0.2, 0) is 0 Å². The molecule has 1 aromatic rings. The average molecular weight is 233 g/mol. The Morgan fingerprint density at radius 2 is 2.29 bits per heavy atom. The van der Waals surface area contributed by atoms with Gasteiger partial charge in [-0.15, -0.1) is 0 Å². The van der Waals surface area contributed by atoms with Crippen LogP contribution in [0.4, 0.5) is 10.1 Å². The monoisotopic (exact) mass is 232 g/mol. The quantitative estimate of drug-likeness (QED) is 0.783. The molecule has 3 N–H and O–H groups in total. The molecule has 0 aliphatic heterocycles. The van der Waals surface area contributed by atoms with Gasteiger partial charge in [-0.05, 0) is 18.2 Å². The first-order chi connectivity index (χ1) is 6.65. The molecular formula is C9H10ClFN2S. The molecule has 1 rings (SSSR count). The highest BCUT2D eigenvalue weighted by Crippen LogP contribution is 2.20. The Labute approximate surface area is 92.2 Å². The van der Waals surface area contributed by atoms with E-state index < -0.39 is 6.67 Å². The summed E-state index contributed by atoms with van der Waals surface area (Å²) in [6.07, 6.45) is 0. The summed E-state index contributed by atoms with van der Waals surface area (Å²) in [5.74, 6) is 0. The first-order valence-corrected chi connectivity index (χ1v) is 4.83. The van der Waals surface area contributed by atoms with Crippen LogP contribution in [-0.4, -0.2) is 18.2 Å². The van der Waals surface area contributed by atoms with Crippen LogP contribution in [0.1, 0.15) is 5.56 Å². The van der Waals surface area contributed by atoms with Gasteiger partial charge in [0.05, 0.1) is 0 Å². The summed E-state index contributed by atoms with van der Waals surface area (Å²) in [4.78, 5) is 0.267. The Morgan fingerprint density at radius 1 is 1.57 bits per heavy atom. The number of hydrogen-bond donors (Lipinski definition) is 2. The van der Waals surface area contributed by atoms with Crippen LogP contribution in [0.5, 0.6) is 0 Å². The largest absolute Gasteiger partial charge is 0.389 e. The third kappa shape index (κ3) is 2.82. The van der Waals surface area contributed by atoms with Crippen LogP contribution in [0.2, 0.25) is 5.02 Å². The van der Waals surface area contributed by atoms with E-state index >= 15 is 0 Å². The Kier molecular flexibility index (Phi) is 4.10. The van der Waals surface area contributed by atoms with Crippen molar-refractivity contribution in [2.75, 3.05) is 18.5 Å². The number of alkyl halides is 1. The lowest BCUT2D eigenvalue weighted by Gasteiger charge is -2.09. The zero-order chi connectivity index (χ0) is 10.6. The number of nitrogens with one attached hydrogen (secondary N) is 1. The van der Waals surface area contributed by atoms with E-state index in [9.17, 15) is 4.39 Å². The van der Waals surface area contributed by atoms with Crippen LogP contribution in [0.25, 0.3) is 0 Å². The summed E-state index contributed by atoms with van der Waals surface area (Å²) >= 11 is 10.6. The van der Waals surface area contributed by atoms with Crippen molar-refractivity contribution in [1.82, 2.24) is 0 Å². The average Bonchev–Trinajstić information content (AvgIpc) is 2.14. The third-order valence-electron chi connectivity index (χ3n) is 1.66. The van der Waals surface area contributed by atoms with Gasteiger partial charge < -0.3 is 11.1 Å². The second-order valence-electron chi connectivity index (χ2n) is 2.67. The Bertz CT molecular complexity index is 344. The van der Waals surface area contributed by atoms with Gasteiger partial charge in [-0.2, -0.15) is 0 Å². The van der Waals surface area contributed by atoms with Gasteiger partial charge in [-0.3, -0.25) is 0 Å². The van der Waals surface area contributed by atoms with Crippen LogP contribution in [0.15, 0.2) is 18.2 Å². The molecule has 76 valence electrons. The van der Waals surface area contributed by atoms with E-state index in [1.54, 1.807) is 18.2 Å². The normalized spacial score (nSPS) is 9.86. The number of rotatable bonds is 4. The standard InChI is InChI=1S/C9H10ClFN2S/c10-6-1-2-7(9(12)14)8(5-6)13-4-3-11/h1-2,5,13H,3-4H2,(H2,12,14). The highest BCUT2D eigenvalue weighted by molar-refractivity contribution is 7.80. The Hall–Kier alpha value is -0.870. The lowest BCUT2D eigenvalue weighted by atomic mass is 10.2. The van der Waals surface area contributed by atoms with Crippen molar-refractivity contribution in [2.45, 2.75) is 0 Å². The molecule has 5 heteroatoms. The maximum absolute atomic E-state index is 12.0. The molecule has 0 spiro atoms. The van der Waals surface area contributed by atoms with Gasteiger partial charge >= 0.3 is 0 Å². The zero-order valence-electron chi connectivity index (χ0n) is 7.39. The second kappa shape index (κ2) is 5.12. The van der Waals surface area contributed by atoms with Crippen molar-refractivity contribution in [2.24, 2.45) is 5.73 Å². The van der Waals surface area contributed by atoms with Crippen molar-refractivity contribution < 1.29 is 4.39 Å². The first-order valence-electron chi connectivity index (χ1n) is 4.04. The molecular weight excluding hydrogens is 223 g/mol. The number of benzene rings is 1. The molecule has 14 heavy (non-hydrogen) atoms. The van der Waals surface area contributed by atoms with Gasteiger partial charge in [0.2, 0.25) is 0 Å². The maximum Gasteiger partial charge on any atom is 0.107 e. The van der Waals surface area contributed by atoms with Crippen LogP contribution >= 0.6 is 23.8 Å². The minimum atomic E-state index is -0.455. The lowest BCUT2D eigenvalue weighted by Crippen LogP contribution is -2.14. The third-order valence-corrected chi connectivity index (χ3v) is 2.11. The predicted molar refractivity (Wildman–Crippen MR) is 61.8 cm³/mol. The van der Waals surface area contributed by atoms with Crippen LogP contribution in [0.3, 0.4) is 0 Å². The Balaban J connectivity index is 2.97. The van der Waals surface area contributed by atoms with E-state index in [0.717, 1.165) is 0 Å². The second-order valence-corrected chi connectivity index (χ2v) is 3.55. The van der Waals surface area contributed by atoms with Gasteiger partial charge in [0.15, 0.2) is 0 Å². The van der Waals surface area contributed by atoms with E-state index in [1.165, 1.54) is 0 Å². The SMILES string of the molecule is NC(=S)c1ccc(Cl)cc1NCCF. The van der Waals surface area contributed by atoms with E-state index in [0.29, 0.717) is 16.3 Å². The number of nitrogens with two attached hydrogens (primary N) is 1. The molecule has 0 unspecified atom stereocenters. The summed E-state index contributed by atoms with van der Waals surface area (Å²) in [5.41, 5.74) is 6.84. The number of thiocarbonyl (C=S) groups is 1. The molecule has 0 atom stereocenters. The maximum atomic E-state index is 12.0. The molecule has 1 aromatic carbocycles. The molecule has 0 aliphatic rings. The topological polar surface area (TPSA) is 38.0 Å². The van der Waals surface area contributed by atoms with E-state index in [2.05, 4.69) is 5.32 Å². The van der Waals surface area contributed by atoms with Crippen molar-refractivity contribution in [3.8, 4) is 0 Å². The number of hydrogen-bond acceptors (Lipinski definition) is 2. The highest BCUT2D eigenvalue weighted by atomic mass is 35.5. The molecule has 2 nitrogen and oxygen atoms in total. The fourth-order valence-corrected chi connectivity index (χ4v) is 1.41. The van der Waals surface area contributed by atoms with Gasteiger partial charge in [0.1, 0.15) is 11.7 Å². The number of anilines is 1. The van der Waals surface area contributed by atoms with E-state index in [1.807, 2.05) is 0 Å². The Morgan fingerprint density at radius 3 is 2.86 bits per heavy atom. The van der Waals surface area contributed by atoms with E-state index in [-0.39, 0.29) is 11.5 Å². The first kappa shape index (κ1) is 11.2. The van der Waals surface area contributed by atoms with Gasteiger partial charge in [0, 0.05) is 22.8 Å². The summed E-state index contributed by atoms with van der Waals surface area (Å²) in [5, 5.41) is 3.42. The minimum Gasteiger partial charge on any atom is -0.389 e. The van der Waals surface area contributed by atoms with Crippen molar-refractivity contribution in [3.63, 3.8) is 0 Å². The van der Waals surface area contributed by atoms with Gasteiger partial charge in [-0.1, -0.05) is 23.8 Å². The molecule has 0 radical (unpaired) electrons. The smallest absolute Gasteiger partial charge is 0.107 e. The predicted octanol–water partition coefficient (Wildman–Crippen LogP) is 2.36. The summed E-state index contributed by atoms with van der Waals surface area (Å²) in [6, 6.07) is 5.08. The van der Waals surface area contributed by atoms with Crippen LogP contribution in [0, 0.1) is 0 Å². The van der Waals surface area contributed by atoms with Crippen molar-refractivity contribution >= 4 is 34.5 Å². The molecule has 0 saturated heterocycles. The lowest BCUT2D eigenvalue weighted by molar-refractivity contribution is 0.513. The summed E-state index contributed by atoms with van der Waals surface area (Å²) in [7, 11) is 0. The molecule has 0 saturated carbocycles. The molecule has 0 bridgehead atoms. The van der Waals surface area contributed by atoms with Crippen molar-refractivity contribution in [1.29, 1.82) is 0 Å². The highest BCUT2D eigenvalue weighted by Gasteiger charge is 2.04. The summed E-state index contributed by atoms with van der Waals surface area (Å²) in [6.45, 7) is -0.237. The van der Waals surface area contributed by atoms with Crippen LogP contribution < -0.4 is 11.1 Å². The zero-order valence-corrected chi connectivity index (χ0v) is 8.96. The molecule has 0 fully saturated rings. The fraction of sp³-hybridized carbons (Fsp3) is 0.222. The van der Waals surface area contributed by atoms with Gasteiger partial charge in [-0.25, -0.2) is 4.39 Å². The number of halogens is 2. The summed E-state index contributed by atoms with van der Waals surface area (Å²) < 4.78 is 12.0. The fourth-order valence-electron chi connectivity index (χ4n) is 1.06. The molecule has 0 amide bonds. The van der Waals surface area contributed by atoms with Crippen molar-refractivity contribution in [3.05, 3.63) is 28.8 Å². The van der Waals surface area contributed by atoms with E-state index in [4.69, 9.17) is 29.6 Å².